The Morgan fingerprint density at radius 2 is 1.93 bits per heavy atom. The van der Waals surface area contributed by atoms with Crippen LogP contribution >= 0.6 is 0 Å². The number of nitrogens with zero attached hydrogens (tertiary/aromatic N) is 3. The maximum Gasteiger partial charge on any atom is 0.239 e. The predicted molar refractivity (Wildman–Crippen MR) is 112 cm³/mol. The van der Waals surface area contributed by atoms with Gasteiger partial charge in [0, 0.05) is 36.4 Å². The van der Waals surface area contributed by atoms with Gasteiger partial charge in [-0.05, 0) is 50.9 Å². The molecule has 2 saturated carbocycles. The molecule has 7 heteroatoms. The van der Waals surface area contributed by atoms with Crippen molar-refractivity contribution in [3.63, 3.8) is 0 Å². The number of piperidine rings is 2. The van der Waals surface area contributed by atoms with Crippen LogP contribution in [0.3, 0.4) is 0 Å². The van der Waals surface area contributed by atoms with Crippen molar-refractivity contribution in [2.24, 2.45) is 11.3 Å². The molecule has 1 aromatic heterocycles. The van der Waals surface area contributed by atoms with E-state index in [4.69, 9.17) is 9.51 Å². The summed E-state index contributed by atoms with van der Waals surface area (Å²) in [6.07, 6.45) is 8.81. The average molecular weight is 417 g/mol. The van der Waals surface area contributed by atoms with E-state index < -0.39 is 0 Å². The SMILES string of the molecule is CC(C)C1(c2noc(C3CCC3)n2)CCN(C(=O)[C@@H]2C[C@@H](O)C3(CCC3)CN2)CC1. The van der Waals surface area contributed by atoms with Crippen LogP contribution in [0.1, 0.15) is 89.3 Å². The molecule has 4 aliphatic rings. The largest absolute Gasteiger partial charge is 0.392 e. The molecule has 0 bridgehead atoms. The molecule has 5 rings (SSSR count). The van der Waals surface area contributed by atoms with Crippen LogP contribution in [0.4, 0.5) is 0 Å². The molecule has 2 saturated heterocycles. The average Bonchev–Trinajstić information content (AvgIpc) is 3.14. The third kappa shape index (κ3) is 3.20. The molecule has 1 aromatic rings. The van der Waals surface area contributed by atoms with E-state index in [0.29, 0.717) is 31.3 Å². The molecule has 166 valence electrons. The van der Waals surface area contributed by atoms with E-state index in [9.17, 15) is 9.90 Å². The molecular weight excluding hydrogens is 380 g/mol. The summed E-state index contributed by atoms with van der Waals surface area (Å²) in [5.41, 5.74) is -0.0972. The Balaban J connectivity index is 1.24. The normalized spacial score (nSPS) is 30.9. The summed E-state index contributed by atoms with van der Waals surface area (Å²) in [4.78, 5) is 20.0. The molecule has 1 spiro atoms. The second-order valence-corrected chi connectivity index (χ2v) is 10.6. The second-order valence-electron chi connectivity index (χ2n) is 10.6. The van der Waals surface area contributed by atoms with E-state index in [-0.39, 0.29) is 28.9 Å². The molecule has 2 atom stereocenters. The Morgan fingerprint density at radius 1 is 1.20 bits per heavy atom. The minimum absolute atomic E-state index is 0.0300. The topological polar surface area (TPSA) is 91.5 Å². The van der Waals surface area contributed by atoms with E-state index in [1.165, 1.54) is 12.8 Å². The Hall–Kier alpha value is -1.47. The zero-order valence-corrected chi connectivity index (χ0v) is 18.4. The smallest absolute Gasteiger partial charge is 0.239 e. The Morgan fingerprint density at radius 3 is 2.47 bits per heavy atom. The summed E-state index contributed by atoms with van der Waals surface area (Å²) < 4.78 is 5.63. The molecule has 2 aliphatic carbocycles. The van der Waals surface area contributed by atoms with E-state index in [2.05, 4.69) is 24.3 Å². The highest BCUT2D eigenvalue weighted by atomic mass is 16.5. The van der Waals surface area contributed by atoms with Crippen LogP contribution in [-0.4, -0.2) is 57.8 Å². The van der Waals surface area contributed by atoms with Gasteiger partial charge in [0.05, 0.1) is 12.1 Å². The minimum Gasteiger partial charge on any atom is -0.392 e. The number of likely N-dealkylation sites (tertiary alicyclic amines) is 1. The van der Waals surface area contributed by atoms with Crippen molar-refractivity contribution in [2.45, 2.75) is 95.1 Å². The maximum absolute atomic E-state index is 13.2. The van der Waals surface area contributed by atoms with Crippen LogP contribution in [0.5, 0.6) is 0 Å². The van der Waals surface area contributed by atoms with Crippen molar-refractivity contribution in [3.05, 3.63) is 11.7 Å². The first-order valence-electron chi connectivity index (χ1n) is 12.0. The van der Waals surface area contributed by atoms with Gasteiger partial charge in [0.25, 0.3) is 0 Å². The van der Waals surface area contributed by atoms with Crippen LogP contribution < -0.4 is 5.32 Å². The molecule has 30 heavy (non-hydrogen) atoms. The summed E-state index contributed by atoms with van der Waals surface area (Å²) >= 11 is 0. The third-order valence-corrected chi connectivity index (χ3v) is 8.93. The zero-order chi connectivity index (χ0) is 20.9. The number of carbonyl (C=O) groups excluding carboxylic acids is 1. The molecule has 2 aliphatic heterocycles. The number of hydrogen-bond donors (Lipinski definition) is 2. The number of hydrogen-bond acceptors (Lipinski definition) is 6. The summed E-state index contributed by atoms with van der Waals surface area (Å²) in [5, 5.41) is 18.5. The quantitative estimate of drug-likeness (QED) is 0.784. The highest BCUT2D eigenvalue weighted by molar-refractivity contribution is 5.82. The van der Waals surface area contributed by atoms with E-state index in [1.54, 1.807) is 0 Å². The van der Waals surface area contributed by atoms with Crippen LogP contribution in [0.15, 0.2) is 4.52 Å². The van der Waals surface area contributed by atoms with Gasteiger partial charge in [0.15, 0.2) is 5.82 Å². The molecule has 0 unspecified atom stereocenters. The first-order chi connectivity index (χ1) is 14.4. The number of aliphatic hydroxyl groups excluding tert-OH is 1. The first kappa shape index (κ1) is 20.4. The number of carbonyl (C=O) groups is 1. The highest BCUT2D eigenvalue weighted by Crippen LogP contribution is 2.47. The molecule has 0 aromatic carbocycles. The van der Waals surface area contributed by atoms with E-state index in [0.717, 1.165) is 56.8 Å². The van der Waals surface area contributed by atoms with Gasteiger partial charge in [0.1, 0.15) is 0 Å². The monoisotopic (exact) mass is 416 g/mol. The van der Waals surface area contributed by atoms with Crippen LogP contribution in [0.2, 0.25) is 0 Å². The fourth-order valence-corrected chi connectivity index (χ4v) is 5.99. The van der Waals surface area contributed by atoms with Crippen molar-refractivity contribution < 1.29 is 14.4 Å². The van der Waals surface area contributed by atoms with Gasteiger partial charge < -0.3 is 19.8 Å². The molecule has 1 amide bonds. The third-order valence-electron chi connectivity index (χ3n) is 8.93. The molecule has 4 fully saturated rings. The van der Waals surface area contributed by atoms with Crippen LogP contribution in [-0.2, 0) is 10.2 Å². The molecule has 0 radical (unpaired) electrons. The van der Waals surface area contributed by atoms with Crippen LogP contribution in [0, 0.1) is 11.3 Å². The zero-order valence-electron chi connectivity index (χ0n) is 18.4. The lowest BCUT2D eigenvalue weighted by Gasteiger charge is -2.51. The Bertz CT molecular complexity index is 775. The van der Waals surface area contributed by atoms with Crippen molar-refractivity contribution in [1.82, 2.24) is 20.4 Å². The van der Waals surface area contributed by atoms with Crippen LogP contribution in [0.25, 0.3) is 0 Å². The van der Waals surface area contributed by atoms with Gasteiger partial charge in [0.2, 0.25) is 11.8 Å². The fraction of sp³-hybridized carbons (Fsp3) is 0.870. The predicted octanol–water partition coefficient (Wildman–Crippen LogP) is 2.75. The molecule has 2 N–H and O–H groups in total. The number of amides is 1. The van der Waals surface area contributed by atoms with Gasteiger partial charge >= 0.3 is 0 Å². The molecule has 3 heterocycles. The van der Waals surface area contributed by atoms with Crippen molar-refractivity contribution >= 4 is 5.91 Å². The van der Waals surface area contributed by atoms with Crippen molar-refractivity contribution in [3.8, 4) is 0 Å². The minimum atomic E-state index is -0.356. The van der Waals surface area contributed by atoms with Gasteiger partial charge in [-0.25, -0.2) is 0 Å². The van der Waals surface area contributed by atoms with Gasteiger partial charge in [-0.3, -0.25) is 4.79 Å². The maximum atomic E-state index is 13.2. The lowest BCUT2D eigenvalue weighted by atomic mass is 9.62. The van der Waals surface area contributed by atoms with Crippen molar-refractivity contribution in [2.75, 3.05) is 19.6 Å². The number of rotatable bonds is 4. The number of aliphatic hydroxyl groups is 1. The van der Waals surface area contributed by atoms with E-state index >= 15 is 0 Å². The number of nitrogens with one attached hydrogen (secondary N) is 1. The number of aromatic nitrogens is 2. The Kier molecular flexibility index (Phi) is 5.17. The van der Waals surface area contributed by atoms with Gasteiger partial charge in [-0.1, -0.05) is 31.8 Å². The Labute approximate surface area is 179 Å². The van der Waals surface area contributed by atoms with Crippen molar-refractivity contribution in [1.29, 1.82) is 0 Å². The van der Waals surface area contributed by atoms with Gasteiger partial charge in [-0.15, -0.1) is 0 Å². The summed E-state index contributed by atoms with van der Waals surface area (Å²) in [6.45, 7) is 6.65. The lowest BCUT2D eigenvalue weighted by molar-refractivity contribution is -0.141. The summed E-state index contributed by atoms with van der Waals surface area (Å²) in [6, 6.07) is -0.256. The first-order valence-corrected chi connectivity index (χ1v) is 12.0. The molecule has 7 nitrogen and oxygen atoms in total. The summed E-state index contributed by atoms with van der Waals surface area (Å²) in [5.74, 6) is 2.61. The summed E-state index contributed by atoms with van der Waals surface area (Å²) in [7, 11) is 0. The standard InChI is InChI=1S/C23H36N4O3/c1-15(2)23(21-25-19(30-26-21)16-5-3-6-16)9-11-27(12-10-23)20(29)17-13-18(28)22(14-24-17)7-4-8-22/h15-18,24,28H,3-14H2,1-2H3/t17-,18+/m0/s1. The lowest BCUT2D eigenvalue weighted by Crippen LogP contribution is -2.62. The second kappa shape index (κ2) is 7.59. The van der Waals surface area contributed by atoms with E-state index in [1.807, 2.05) is 4.90 Å². The van der Waals surface area contributed by atoms with Gasteiger partial charge in [-0.2, -0.15) is 4.98 Å². The highest BCUT2D eigenvalue weighted by Gasteiger charge is 2.50. The fourth-order valence-electron chi connectivity index (χ4n) is 5.99. The molecular formula is C23H36N4O3.